The molecule has 2 amide bonds. The second-order valence-corrected chi connectivity index (χ2v) is 8.46. The van der Waals surface area contributed by atoms with Crippen LogP contribution in [0.2, 0.25) is 0 Å². The minimum absolute atomic E-state index is 0.142. The first kappa shape index (κ1) is 16.8. The van der Waals surface area contributed by atoms with Gasteiger partial charge < -0.3 is 14.5 Å². The molecule has 0 unspecified atom stereocenters. The van der Waals surface area contributed by atoms with Gasteiger partial charge in [-0.15, -0.1) is 0 Å². The molecule has 2 saturated heterocycles. The molecule has 130 valence electrons. The minimum atomic E-state index is -3.51. The first-order valence-corrected chi connectivity index (χ1v) is 9.38. The van der Waals surface area contributed by atoms with Gasteiger partial charge in [0.1, 0.15) is 16.4 Å². The molecule has 1 aromatic carbocycles. The summed E-state index contributed by atoms with van der Waals surface area (Å²) >= 11 is 0. The van der Waals surface area contributed by atoms with Crippen LogP contribution in [-0.4, -0.2) is 67.9 Å². The van der Waals surface area contributed by atoms with Crippen LogP contribution < -0.4 is 4.74 Å². The molecule has 0 aliphatic carbocycles. The number of nitrogens with zero attached hydrogens (tertiary/aromatic N) is 2. The summed E-state index contributed by atoms with van der Waals surface area (Å²) < 4.78 is 29.9. The highest BCUT2D eigenvalue weighted by molar-refractivity contribution is 7.93. The van der Waals surface area contributed by atoms with Crippen molar-refractivity contribution in [3.8, 4) is 5.75 Å². The third-order valence-corrected chi connectivity index (χ3v) is 7.51. The van der Waals surface area contributed by atoms with Gasteiger partial charge in [-0.2, -0.15) is 0 Å². The van der Waals surface area contributed by atoms with Crippen LogP contribution in [0.25, 0.3) is 0 Å². The SMILES string of the molecule is COc1ccc(C(=O)N2CCC3(CC2)N(C)C(=O)CS3(=O)=O)cc1. The molecule has 2 heterocycles. The van der Waals surface area contributed by atoms with Gasteiger partial charge in [0, 0.05) is 38.5 Å². The molecule has 24 heavy (non-hydrogen) atoms. The van der Waals surface area contributed by atoms with Crippen molar-refractivity contribution in [2.45, 2.75) is 17.7 Å². The lowest BCUT2D eigenvalue weighted by molar-refractivity contribution is -0.129. The molecular formula is C16H20N2O5S. The first-order valence-electron chi connectivity index (χ1n) is 7.73. The van der Waals surface area contributed by atoms with Gasteiger partial charge in [0.05, 0.1) is 7.11 Å². The Morgan fingerprint density at radius 1 is 1.17 bits per heavy atom. The van der Waals surface area contributed by atoms with Crippen LogP contribution in [0.15, 0.2) is 24.3 Å². The Kier molecular flexibility index (Phi) is 4.03. The second-order valence-electron chi connectivity index (χ2n) is 6.18. The number of carbonyl (C=O) groups excluding carboxylic acids is 2. The predicted molar refractivity (Wildman–Crippen MR) is 87.4 cm³/mol. The Morgan fingerprint density at radius 2 is 1.75 bits per heavy atom. The molecule has 3 rings (SSSR count). The smallest absolute Gasteiger partial charge is 0.253 e. The second kappa shape index (κ2) is 5.77. The van der Waals surface area contributed by atoms with Gasteiger partial charge >= 0.3 is 0 Å². The maximum absolute atomic E-state index is 12.6. The Labute approximate surface area is 141 Å². The van der Waals surface area contributed by atoms with Crippen LogP contribution >= 0.6 is 0 Å². The van der Waals surface area contributed by atoms with Gasteiger partial charge in [-0.05, 0) is 24.3 Å². The maximum atomic E-state index is 12.6. The van der Waals surface area contributed by atoms with Crippen molar-refractivity contribution >= 4 is 21.7 Å². The van der Waals surface area contributed by atoms with E-state index in [1.165, 1.54) is 11.9 Å². The van der Waals surface area contributed by atoms with Crippen LogP contribution in [-0.2, 0) is 14.6 Å². The van der Waals surface area contributed by atoms with Crippen molar-refractivity contribution in [2.75, 3.05) is 33.0 Å². The van der Waals surface area contributed by atoms with E-state index in [4.69, 9.17) is 4.74 Å². The number of ether oxygens (including phenoxy) is 1. The Bertz CT molecular complexity index is 764. The van der Waals surface area contributed by atoms with Crippen molar-refractivity contribution in [2.24, 2.45) is 0 Å². The predicted octanol–water partition coefficient (Wildman–Crippen LogP) is 0.514. The fraction of sp³-hybridized carbons (Fsp3) is 0.500. The van der Waals surface area contributed by atoms with Crippen molar-refractivity contribution in [3.05, 3.63) is 29.8 Å². The Balaban J connectivity index is 1.75. The highest BCUT2D eigenvalue weighted by Crippen LogP contribution is 2.39. The van der Waals surface area contributed by atoms with E-state index in [-0.39, 0.29) is 24.7 Å². The van der Waals surface area contributed by atoms with Crippen LogP contribution in [0.3, 0.4) is 0 Å². The third kappa shape index (κ3) is 2.45. The number of rotatable bonds is 2. The highest BCUT2D eigenvalue weighted by atomic mass is 32.2. The zero-order valence-electron chi connectivity index (χ0n) is 13.7. The summed E-state index contributed by atoms with van der Waals surface area (Å²) in [4.78, 5) is 26.2. The number of methoxy groups -OCH3 is 1. The molecule has 0 saturated carbocycles. The maximum Gasteiger partial charge on any atom is 0.253 e. The molecule has 7 nitrogen and oxygen atoms in total. The molecule has 8 heteroatoms. The van der Waals surface area contributed by atoms with E-state index in [0.717, 1.165) is 0 Å². The fourth-order valence-corrected chi connectivity index (χ4v) is 5.56. The van der Waals surface area contributed by atoms with Crippen LogP contribution in [0, 0.1) is 0 Å². The third-order valence-electron chi connectivity index (χ3n) is 5.05. The van der Waals surface area contributed by atoms with Crippen LogP contribution in [0.1, 0.15) is 23.2 Å². The standard InChI is InChI=1S/C16H20N2O5S/c1-17-14(19)11-24(21,22)16(17)7-9-18(10-8-16)15(20)12-3-5-13(23-2)6-4-12/h3-6H,7-11H2,1-2H3. The lowest BCUT2D eigenvalue weighted by atomic mass is 10.0. The summed E-state index contributed by atoms with van der Waals surface area (Å²) in [7, 11) is -0.417. The highest BCUT2D eigenvalue weighted by Gasteiger charge is 2.57. The first-order chi connectivity index (χ1) is 11.3. The van der Waals surface area contributed by atoms with Crippen molar-refractivity contribution in [1.82, 2.24) is 9.80 Å². The number of hydrogen-bond donors (Lipinski definition) is 0. The summed E-state index contributed by atoms with van der Waals surface area (Å²) in [6.45, 7) is 0.615. The number of benzene rings is 1. The van der Waals surface area contributed by atoms with Crippen molar-refractivity contribution in [3.63, 3.8) is 0 Å². The summed E-state index contributed by atoms with van der Waals surface area (Å²) in [6.07, 6.45) is 0.499. The largest absolute Gasteiger partial charge is 0.497 e. The number of hydrogen-bond acceptors (Lipinski definition) is 5. The van der Waals surface area contributed by atoms with Gasteiger partial charge in [-0.25, -0.2) is 8.42 Å². The summed E-state index contributed by atoms with van der Waals surface area (Å²) in [5, 5.41) is 0. The van der Waals surface area contributed by atoms with E-state index in [2.05, 4.69) is 0 Å². The van der Waals surface area contributed by atoms with Crippen molar-refractivity contribution in [1.29, 1.82) is 0 Å². The van der Waals surface area contributed by atoms with Gasteiger partial charge in [0.25, 0.3) is 5.91 Å². The van der Waals surface area contributed by atoms with Crippen molar-refractivity contribution < 1.29 is 22.7 Å². The molecule has 0 atom stereocenters. The average molecular weight is 352 g/mol. The fourth-order valence-electron chi connectivity index (χ4n) is 3.45. The molecule has 2 aliphatic heterocycles. The molecule has 0 aromatic heterocycles. The number of likely N-dealkylation sites (tertiary alicyclic amines) is 1. The lowest BCUT2D eigenvalue weighted by Crippen LogP contribution is -2.55. The molecule has 1 aromatic rings. The molecule has 0 bridgehead atoms. The van der Waals surface area contributed by atoms with E-state index >= 15 is 0 Å². The molecule has 0 N–H and O–H groups in total. The van der Waals surface area contributed by atoms with Crippen LogP contribution in [0.5, 0.6) is 5.75 Å². The zero-order valence-corrected chi connectivity index (χ0v) is 14.5. The Hall–Kier alpha value is -2.09. The average Bonchev–Trinajstić information content (AvgIpc) is 2.75. The number of amides is 2. The molecular weight excluding hydrogens is 332 g/mol. The van der Waals surface area contributed by atoms with E-state index in [1.54, 1.807) is 36.3 Å². The quantitative estimate of drug-likeness (QED) is 0.775. The number of carbonyl (C=O) groups is 2. The molecule has 0 radical (unpaired) electrons. The summed E-state index contributed by atoms with van der Waals surface area (Å²) in [5.74, 6) is -0.279. The van der Waals surface area contributed by atoms with Crippen LogP contribution in [0.4, 0.5) is 0 Å². The lowest BCUT2D eigenvalue weighted by Gasteiger charge is -2.41. The zero-order chi connectivity index (χ0) is 17.5. The topological polar surface area (TPSA) is 84.0 Å². The van der Waals surface area contributed by atoms with E-state index in [1.807, 2.05) is 0 Å². The number of sulfone groups is 1. The molecule has 2 aliphatic rings. The number of piperidine rings is 1. The van der Waals surface area contributed by atoms with Gasteiger partial charge in [0.15, 0.2) is 9.84 Å². The van der Waals surface area contributed by atoms with E-state index in [0.29, 0.717) is 24.4 Å². The normalized spacial score (nSPS) is 22.0. The van der Waals surface area contributed by atoms with E-state index < -0.39 is 20.5 Å². The van der Waals surface area contributed by atoms with Gasteiger partial charge in [-0.1, -0.05) is 0 Å². The molecule has 2 fully saturated rings. The monoisotopic (exact) mass is 352 g/mol. The van der Waals surface area contributed by atoms with Gasteiger partial charge in [-0.3, -0.25) is 9.59 Å². The van der Waals surface area contributed by atoms with Gasteiger partial charge in [0.2, 0.25) is 5.91 Å². The molecule has 1 spiro atoms. The van der Waals surface area contributed by atoms with E-state index in [9.17, 15) is 18.0 Å². The summed E-state index contributed by atoms with van der Waals surface area (Å²) in [5.41, 5.74) is 0.533. The summed E-state index contributed by atoms with van der Waals surface area (Å²) in [6, 6.07) is 6.81. The minimum Gasteiger partial charge on any atom is -0.497 e. The Morgan fingerprint density at radius 3 is 2.21 bits per heavy atom.